The van der Waals surface area contributed by atoms with Gasteiger partial charge in [-0.25, -0.2) is 4.79 Å². The van der Waals surface area contributed by atoms with Gasteiger partial charge in [-0.05, 0) is 24.1 Å². The van der Waals surface area contributed by atoms with Gasteiger partial charge in [0.2, 0.25) is 5.91 Å². The molecule has 0 saturated carbocycles. The molecule has 1 fully saturated rings. The van der Waals surface area contributed by atoms with Crippen molar-refractivity contribution in [2.24, 2.45) is 0 Å². The molecule has 0 unspecified atom stereocenters. The molecule has 1 aromatic carbocycles. The number of amides is 1. The number of ether oxygens (including phenoxy) is 3. The maximum absolute atomic E-state index is 12.3. The fourth-order valence-corrected chi connectivity index (χ4v) is 2.58. The van der Waals surface area contributed by atoms with Crippen molar-refractivity contribution in [1.29, 1.82) is 0 Å². The van der Waals surface area contributed by atoms with Crippen molar-refractivity contribution in [3.63, 3.8) is 0 Å². The summed E-state index contributed by atoms with van der Waals surface area (Å²) in [5, 5.41) is 8.96. The number of aliphatic carboxylic acids is 1. The predicted molar refractivity (Wildman–Crippen MR) is 86.8 cm³/mol. The highest BCUT2D eigenvalue weighted by atomic mass is 19.4. The minimum Gasteiger partial charge on any atom is -0.493 e. The van der Waals surface area contributed by atoms with E-state index in [1.807, 2.05) is 0 Å². The molecule has 1 heterocycles. The number of nitrogens with zero attached hydrogens (tertiary/aromatic N) is 1. The average molecular weight is 391 g/mol. The van der Waals surface area contributed by atoms with Crippen LogP contribution in [-0.4, -0.2) is 67.6 Å². The summed E-state index contributed by atoms with van der Waals surface area (Å²) in [6, 6.07) is 4.43. The topological polar surface area (TPSA) is 85.3 Å². The van der Waals surface area contributed by atoms with E-state index in [1.54, 1.807) is 6.07 Å². The Labute approximate surface area is 153 Å². The third kappa shape index (κ3) is 6.31. The van der Waals surface area contributed by atoms with Crippen LogP contribution in [0.2, 0.25) is 0 Å². The second kappa shape index (κ2) is 8.94. The molecule has 1 atom stereocenters. The number of aryl methyl sites for hydroxylation is 1. The van der Waals surface area contributed by atoms with Gasteiger partial charge in [-0.15, -0.1) is 0 Å². The SMILES string of the molecule is COc1cc(CCC(=O)N2CCO[C@H](C(=O)O)C2)ccc1OCC(F)(F)F. The average Bonchev–Trinajstić information content (AvgIpc) is 2.64. The first kappa shape index (κ1) is 20.8. The summed E-state index contributed by atoms with van der Waals surface area (Å²) >= 11 is 0. The molecule has 1 amide bonds. The van der Waals surface area contributed by atoms with Gasteiger partial charge in [-0.2, -0.15) is 13.2 Å². The summed E-state index contributed by atoms with van der Waals surface area (Å²) in [5.41, 5.74) is 0.683. The zero-order valence-electron chi connectivity index (χ0n) is 14.6. The molecule has 150 valence electrons. The number of carbonyl (C=O) groups is 2. The summed E-state index contributed by atoms with van der Waals surface area (Å²) in [7, 11) is 1.31. The third-order valence-corrected chi connectivity index (χ3v) is 3.94. The van der Waals surface area contributed by atoms with Crippen LogP contribution in [0.4, 0.5) is 13.2 Å². The molecule has 1 aliphatic heterocycles. The number of carboxylic acid groups (broad SMARTS) is 1. The van der Waals surface area contributed by atoms with Gasteiger partial charge in [0.25, 0.3) is 0 Å². The molecule has 2 rings (SSSR count). The monoisotopic (exact) mass is 391 g/mol. The summed E-state index contributed by atoms with van der Waals surface area (Å²) in [6.07, 6.45) is -5.04. The maximum Gasteiger partial charge on any atom is 0.422 e. The van der Waals surface area contributed by atoms with Gasteiger partial charge in [-0.1, -0.05) is 6.07 Å². The van der Waals surface area contributed by atoms with E-state index in [1.165, 1.54) is 24.1 Å². The highest BCUT2D eigenvalue weighted by Gasteiger charge is 2.30. The van der Waals surface area contributed by atoms with Crippen molar-refractivity contribution in [3.05, 3.63) is 23.8 Å². The van der Waals surface area contributed by atoms with Gasteiger partial charge >= 0.3 is 12.1 Å². The molecule has 27 heavy (non-hydrogen) atoms. The number of rotatable bonds is 7. The quantitative estimate of drug-likeness (QED) is 0.764. The Balaban J connectivity index is 1.93. The number of halogens is 3. The normalized spacial score (nSPS) is 17.5. The Morgan fingerprint density at radius 1 is 1.33 bits per heavy atom. The Bertz CT molecular complexity index is 679. The largest absolute Gasteiger partial charge is 0.493 e. The molecule has 0 radical (unpaired) electrons. The number of methoxy groups -OCH3 is 1. The van der Waals surface area contributed by atoms with Crippen LogP contribution in [0.15, 0.2) is 18.2 Å². The van der Waals surface area contributed by atoms with E-state index in [9.17, 15) is 22.8 Å². The molecular weight excluding hydrogens is 371 g/mol. The van der Waals surface area contributed by atoms with Gasteiger partial charge in [0.15, 0.2) is 24.2 Å². The van der Waals surface area contributed by atoms with Crippen molar-refractivity contribution in [2.45, 2.75) is 25.1 Å². The summed E-state index contributed by atoms with van der Waals surface area (Å²) in [5.74, 6) is -1.24. The third-order valence-electron chi connectivity index (χ3n) is 3.94. The molecule has 1 N–H and O–H groups in total. The van der Waals surface area contributed by atoms with Crippen molar-refractivity contribution >= 4 is 11.9 Å². The lowest BCUT2D eigenvalue weighted by molar-refractivity contribution is -0.159. The molecule has 1 aliphatic rings. The molecule has 1 aromatic rings. The molecule has 0 bridgehead atoms. The summed E-state index contributed by atoms with van der Waals surface area (Å²) in [4.78, 5) is 24.7. The van der Waals surface area contributed by atoms with Crippen molar-refractivity contribution in [2.75, 3.05) is 33.4 Å². The Morgan fingerprint density at radius 2 is 2.07 bits per heavy atom. The van der Waals surface area contributed by atoms with E-state index < -0.39 is 24.9 Å². The highest BCUT2D eigenvalue weighted by molar-refractivity contribution is 5.79. The van der Waals surface area contributed by atoms with E-state index in [4.69, 9.17) is 19.3 Å². The standard InChI is InChI=1S/C17H20F3NO6/c1-25-13-8-11(2-4-12(13)27-10-17(18,19)20)3-5-15(22)21-6-7-26-14(9-21)16(23)24/h2,4,8,14H,3,5-7,9-10H2,1H3,(H,23,24)/t14-/m0/s1. The minimum atomic E-state index is -4.46. The fraction of sp³-hybridized carbons (Fsp3) is 0.529. The first-order valence-electron chi connectivity index (χ1n) is 8.18. The minimum absolute atomic E-state index is 0.0122. The molecule has 1 saturated heterocycles. The second-order valence-electron chi connectivity index (χ2n) is 5.93. The smallest absolute Gasteiger partial charge is 0.422 e. The lowest BCUT2D eigenvalue weighted by Gasteiger charge is -2.31. The van der Waals surface area contributed by atoms with Gasteiger partial charge in [0.05, 0.1) is 20.3 Å². The van der Waals surface area contributed by atoms with Crippen molar-refractivity contribution in [3.8, 4) is 11.5 Å². The van der Waals surface area contributed by atoms with Crippen LogP contribution in [0.25, 0.3) is 0 Å². The van der Waals surface area contributed by atoms with E-state index in [0.717, 1.165) is 0 Å². The van der Waals surface area contributed by atoms with E-state index >= 15 is 0 Å². The molecule has 0 aliphatic carbocycles. The predicted octanol–water partition coefficient (Wildman–Crippen LogP) is 1.88. The molecule has 7 nitrogen and oxygen atoms in total. The number of alkyl halides is 3. The van der Waals surface area contributed by atoms with Crippen LogP contribution in [0.1, 0.15) is 12.0 Å². The second-order valence-corrected chi connectivity index (χ2v) is 5.93. The van der Waals surface area contributed by atoms with E-state index in [-0.39, 0.29) is 37.0 Å². The lowest BCUT2D eigenvalue weighted by Crippen LogP contribution is -2.48. The first-order chi connectivity index (χ1) is 12.7. The highest BCUT2D eigenvalue weighted by Crippen LogP contribution is 2.30. The van der Waals surface area contributed by atoms with Gasteiger partial charge in [-0.3, -0.25) is 4.79 Å². The van der Waals surface area contributed by atoms with E-state index in [2.05, 4.69) is 0 Å². The summed E-state index contributed by atoms with van der Waals surface area (Å²) in [6.45, 7) is -0.970. The number of carboxylic acids is 1. The zero-order valence-corrected chi connectivity index (χ0v) is 14.6. The molecule has 0 spiro atoms. The number of hydrogen-bond donors (Lipinski definition) is 1. The zero-order chi connectivity index (χ0) is 20.0. The first-order valence-corrected chi connectivity index (χ1v) is 8.18. The van der Waals surface area contributed by atoms with Crippen LogP contribution in [0, 0.1) is 0 Å². The maximum atomic E-state index is 12.3. The number of morpholine rings is 1. The fourth-order valence-electron chi connectivity index (χ4n) is 2.58. The molecule has 0 aromatic heterocycles. The van der Waals surface area contributed by atoms with Crippen molar-refractivity contribution in [1.82, 2.24) is 4.90 Å². The lowest BCUT2D eigenvalue weighted by atomic mass is 10.1. The van der Waals surface area contributed by atoms with Crippen LogP contribution in [-0.2, 0) is 20.7 Å². The summed E-state index contributed by atoms with van der Waals surface area (Å²) < 4.78 is 51.6. The number of benzene rings is 1. The van der Waals surface area contributed by atoms with Crippen LogP contribution in [0.3, 0.4) is 0 Å². The van der Waals surface area contributed by atoms with Gasteiger partial charge in [0, 0.05) is 13.0 Å². The Morgan fingerprint density at radius 3 is 2.70 bits per heavy atom. The number of carbonyl (C=O) groups excluding carboxylic acids is 1. The van der Waals surface area contributed by atoms with E-state index in [0.29, 0.717) is 18.5 Å². The van der Waals surface area contributed by atoms with Crippen LogP contribution >= 0.6 is 0 Å². The molecular formula is C17H20F3NO6. The Hall–Kier alpha value is -2.49. The number of hydrogen-bond acceptors (Lipinski definition) is 5. The molecule has 10 heteroatoms. The van der Waals surface area contributed by atoms with Crippen LogP contribution < -0.4 is 9.47 Å². The van der Waals surface area contributed by atoms with Gasteiger partial charge in [0.1, 0.15) is 0 Å². The van der Waals surface area contributed by atoms with Crippen LogP contribution in [0.5, 0.6) is 11.5 Å². The van der Waals surface area contributed by atoms with Gasteiger partial charge < -0.3 is 24.2 Å². The Kier molecular flexibility index (Phi) is 6.89. The van der Waals surface area contributed by atoms with Crippen molar-refractivity contribution < 1.29 is 42.1 Å².